The molecule has 1 aromatic rings. The van der Waals surface area contributed by atoms with Crippen LogP contribution in [0.1, 0.15) is 50.5 Å². The Morgan fingerprint density at radius 3 is 1.94 bits per heavy atom. The summed E-state index contributed by atoms with van der Waals surface area (Å²) in [4.78, 5) is 33.7. The second-order valence-corrected chi connectivity index (χ2v) is 9.37. The molecule has 3 fully saturated rings. The molecule has 0 unspecified atom stereocenters. The van der Waals surface area contributed by atoms with E-state index in [9.17, 15) is 9.59 Å². The van der Waals surface area contributed by atoms with Crippen molar-refractivity contribution in [1.29, 1.82) is 0 Å². The van der Waals surface area contributed by atoms with Gasteiger partial charge in [0.15, 0.2) is 0 Å². The zero-order valence-corrected chi connectivity index (χ0v) is 19.4. The van der Waals surface area contributed by atoms with Crippen molar-refractivity contribution in [3.63, 3.8) is 0 Å². The molecule has 0 aromatic heterocycles. The van der Waals surface area contributed by atoms with Crippen LogP contribution in [0.15, 0.2) is 30.3 Å². The van der Waals surface area contributed by atoms with Gasteiger partial charge in [0, 0.05) is 64.1 Å². The number of nitrogens with zero attached hydrogens (tertiary/aromatic N) is 4. The summed E-state index contributed by atoms with van der Waals surface area (Å²) in [6.07, 6.45) is 12.3. The van der Waals surface area contributed by atoms with Gasteiger partial charge in [0.2, 0.25) is 11.8 Å². The van der Waals surface area contributed by atoms with Crippen LogP contribution in [0.25, 0.3) is 6.08 Å². The second kappa shape index (κ2) is 11.5. The Labute approximate surface area is 192 Å². The van der Waals surface area contributed by atoms with E-state index in [0.29, 0.717) is 19.6 Å². The molecule has 6 heteroatoms. The molecule has 32 heavy (non-hydrogen) atoms. The average Bonchev–Trinajstić information content (AvgIpc) is 3.13. The van der Waals surface area contributed by atoms with Crippen molar-refractivity contribution in [3.05, 3.63) is 35.9 Å². The summed E-state index contributed by atoms with van der Waals surface area (Å²) in [5.74, 6) is 0.302. The number of rotatable bonds is 5. The lowest BCUT2D eigenvalue weighted by Gasteiger charge is -2.35. The Bertz CT molecular complexity index is 770. The molecule has 0 radical (unpaired) electrons. The van der Waals surface area contributed by atoms with Gasteiger partial charge in [0.1, 0.15) is 0 Å². The summed E-state index contributed by atoms with van der Waals surface area (Å²) in [5.41, 5.74) is 2.34. The molecule has 3 heterocycles. The number of benzene rings is 1. The Hall–Kier alpha value is -2.34. The van der Waals surface area contributed by atoms with Crippen molar-refractivity contribution >= 4 is 23.6 Å². The molecular weight excluding hydrogens is 400 g/mol. The van der Waals surface area contributed by atoms with Gasteiger partial charge in [-0.15, -0.1) is 0 Å². The van der Waals surface area contributed by atoms with Crippen molar-refractivity contribution in [1.82, 2.24) is 14.7 Å². The first-order valence-corrected chi connectivity index (χ1v) is 12.5. The summed E-state index contributed by atoms with van der Waals surface area (Å²) < 4.78 is 0. The van der Waals surface area contributed by atoms with E-state index in [2.05, 4.69) is 34.1 Å². The van der Waals surface area contributed by atoms with Gasteiger partial charge in [-0.2, -0.15) is 0 Å². The van der Waals surface area contributed by atoms with Crippen molar-refractivity contribution < 1.29 is 9.59 Å². The van der Waals surface area contributed by atoms with Crippen LogP contribution < -0.4 is 4.90 Å². The van der Waals surface area contributed by atoms with Crippen LogP contribution in [0.4, 0.5) is 5.69 Å². The summed E-state index contributed by atoms with van der Waals surface area (Å²) in [5, 5.41) is 0. The third-order valence-corrected chi connectivity index (χ3v) is 7.03. The van der Waals surface area contributed by atoms with Crippen LogP contribution in [-0.4, -0.2) is 85.4 Å². The number of amides is 2. The van der Waals surface area contributed by atoms with E-state index in [4.69, 9.17) is 0 Å². The molecular formula is C26H38N4O2. The Morgan fingerprint density at radius 1 is 0.688 bits per heavy atom. The largest absolute Gasteiger partial charge is 0.372 e. The quantitative estimate of drug-likeness (QED) is 0.662. The number of carbonyl (C=O) groups is 2. The van der Waals surface area contributed by atoms with Gasteiger partial charge in [-0.1, -0.05) is 25.0 Å². The van der Waals surface area contributed by atoms with E-state index >= 15 is 0 Å². The summed E-state index contributed by atoms with van der Waals surface area (Å²) in [6, 6.07) is 8.56. The smallest absolute Gasteiger partial charge is 0.246 e. The lowest BCUT2D eigenvalue weighted by atomic mass is 10.1. The number of piperazine rings is 1. The molecule has 1 aromatic carbocycles. The van der Waals surface area contributed by atoms with Crippen LogP contribution in [0, 0.1) is 0 Å². The van der Waals surface area contributed by atoms with Crippen molar-refractivity contribution in [3.8, 4) is 0 Å². The van der Waals surface area contributed by atoms with Crippen LogP contribution >= 0.6 is 0 Å². The first kappa shape index (κ1) is 22.8. The fraction of sp³-hybridized carbons (Fsp3) is 0.615. The Kier molecular flexibility index (Phi) is 8.21. The van der Waals surface area contributed by atoms with Crippen LogP contribution in [0.2, 0.25) is 0 Å². The lowest BCUT2D eigenvalue weighted by Crippen LogP contribution is -2.51. The standard InChI is InChI=1S/C26H38N4O2/c31-25(13-10-23-8-11-24(12-9-23)28-14-4-1-2-5-15-28)30-20-18-27(19-21-30)22-26(32)29-16-6-3-7-17-29/h8-13H,1-7,14-22H2. The zero-order chi connectivity index (χ0) is 22.2. The number of anilines is 1. The van der Waals surface area contributed by atoms with Crippen molar-refractivity contribution in [2.24, 2.45) is 0 Å². The fourth-order valence-corrected chi connectivity index (χ4v) is 4.96. The molecule has 3 aliphatic rings. The summed E-state index contributed by atoms with van der Waals surface area (Å²) in [6.45, 7) is 7.48. The number of hydrogen-bond donors (Lipinski definition) is 0. The minimum atomic E-state index is 0.0589. The van der Waals surface area contributed by atoms with E-state index in [1.54, 1.807) is 6.08 Å². The molecule has 6 nitrogen and oxygen atoms in total. The molecule has 0 bridgehead atoms. The highest BCUT2D eigenvalue weighted by molar-refractivity contribution is 5.92. The molecule has 2 amide bonds. The van der Waals surface area contributed by atoms with Crippen LogP contribution in [0.3, 0.4) is 0 Å². The number of hydrogen-bond acceptors (Lipinski definition) is 4. The van der Waals surface area contributed by atoms with Gasteiger partial charge >= 0.3 is 0 Å². The minimum Gasteiger partial charge on any atom is -0.372 e. The number of carbonyl (C=O) groups excluding carboxylic acids is 2. The van der Waals surface area contributed by atoms with Gasteiger partial charge in [-0.25, -0.2) is 0 Å². The molecule has 3 saturated heterocycles. The average molecular weight is 439 g/mol. The van der Waals surface area contributed by atoms with E-state index in [1.165, 1.54) is 37.8 Å². The number of likely N-dealkylation sites (tertiary alicyclic amines) is 1. The zero-order valence-electron chi connectivity index (χ0n) is 19.4. The highest BCUT2D eigenvalue weighted by Gasteiger charge is 2.24. The highest BCUT2D eigenvalue weighted by Crippen LogP contribution is 2.20. The van der Waals surface area contributed by atoms with Crippen molar-refractivity contribution in [2.45, 2.75) is 44.9 Å². The first-order chi connectivity index (χ1) is 15.7. The third-order valence-electron chi connectivity index (χ3n) is 7.03. The summed E-state index contributed by atoms with van der Waals surface area (Å²) in [7, 11) is 0. The number of piperidine rings is 1. The predicted molar refractivity (Wildman–Crippen MR) is 130 cm³/mol. The fourth-order valence-electron chi connectivity index (χ4n) is 4.96. The topological polar surface area (TPSA) is 47.1 Å². The molecule has 0 saturated carbocycles. The van der Waals surface area contributed by atoms with Gasteiger partial charge in [0.25, 0.3) is 0 Å². The van der Waals surface area contributed by atoms with Crippen LogP contribution in [-0.2, 0) is 9.59 Å². The lowest BCUT2D eigenvalue weighted by molar-refractivity contribution is -0.134. The van der Waals surface area contributed by atoms with E-state index in [0.717, 1.165) is 57.7 Å². The predicted octanol–water partition coefficient (Wildman–Crippen LogP) is 3.24. The van der Waals surface area contributed by atoms with Gasteiger partial charge in [-0.3, -0.25) is 14.5 Å². The second-order valence-electron chi connectivity index (χ2n) is 9.37. The first-order valence-electron chi connectivity index (χ1n) is 12.5. The molecule has 0 aliphatic carbocycles. The monoisotopic (exact) mass is 438 g/mol. The van der Waals surface area contributed by atoms with E-state index < -0.39 is 0 Å². The van der Waals surface area contributed by atoms with Gasteiger partial charge < -0.3 is 14.7 Å². The minimum absolute atomic E-state index is 0.0589. The summed E-state index contributed by atoms with van der Waals surface area (Å²) >= 11 is 0. The maximum Gasteiger partial charge on any atom is 0.246 e. The molecule has 4 rings (SSSR count). The molecule has 174 valence electrons. The van der Waals surface area contributed by atoms with Gasteiger partial charge in [0.05, 0.1) is 6.54 Å². The normalized spacial score (nSPS) is 21.1. The maximum atomic E-state index is 12.6. The third kappa shape index (κ3) is 6.35. The maximum absolute atomic E-state index is 12.6. The Balaban J connectivity index is 1.21. The Morgan fingerprint density at radius 2 is 1.28 bits per heavy atom. The molecule has 0 atom stereocenters. The van der Waals surface area contributed by atoms with Crippen molar-refractivity contribution in [2.75, 3.05) is 63.8 Å². The van der Waals surface area contributed by atoms with Gasteiger partial charge in [-0.05, 0) is 55.9 Å². The van der Waals surface area contributed by atoms with E-state index in [-0.39, 0.29) is 11.8 Å². The molecule has 0 spiro atoms. The molecule has 0 N–H and O–H groups in total. The SMILES string of the molecule is O=C(C=Cc1ccc(N2CCCCCC2)cc1)N1CCN(CC(=O)N2CCCCC2)CC1. The molecule has 3 aliphatic heterocycles. The van der Waals surface area contributed by atoms with E-state index in [1.807, 2.05) is 15.9 Å². The van der Waals surface area contributed by atoms with Crippen LogP contribution in [0.5, 0.6) is 0 Å². The highest BCUT2D eigenvalue weighted by atomic mass is 16.2.